The summed E-state index contributed by atoms with van der Waals surface area (Å²) in [4.78, 5) is 0. The van der Waals surface area contributed by atoms with Gasteiger partial charge in [0.05, 0.1) is 21.3 Å². The van der Waals surface area contributed by atoms with Gasteiger partial charge in [0.1, 0.15) is 5.75 Å². The monoisotopic (exact) mass is 319 g/mol. The Morgan fingerprint density at radius 3 is 1.89 bits per heavy atom. The van der Waals surface area contributed by atoms with E-state index in [-0.39, 0.29) is 17.0 Å². The Labute approximate surface area is 119 Å². The minimum Gasteiger partial charge on any atom is -0.496 e. The summed E-state index contributed by atoms with van der Waals surface area (Å²) >= 11 is 0. The number of methoxy groups -OCH3 is 3. The van der Waals surface area contributed by atoms with E-state index >= 15 is 0 Å². The lowest BCUT2D eigenvalue weighted by Gasteiger charge is -2.15. The van der Waals surface area contributed by atoms with Crippen molar-refractivity contribution in [3.63, 3.8) is 0 Å². The highest BCUT2D eigenvalue weighted by molar-refractivity contribution is 8.93. The first-order valence-electron chi connectivity index (χ1n) is 5.64. The molecule has 0 saturated heterocycles. The first kappa shape index (κ1) is 17.1. The summed E-state index contributed by atoms with van der Waals surface area (Å²) in [7, 11) is 4.90. The number of nitrogens with one attached hydrogen (secondary N) is 1. The highest BCUT2D eigenvalue weighted by atomic mass is 79.9. The molecule has 18 heavy (non-hydrogen) atoms. The van der Waals surface area contributed by atoms with Crippen LogP contribution in [0.4, 0.5) is 0 Å². The Hall–Kier alpha value is -0.940. The topological polar surface area (TPSA) is 39.7 Å². The molecule has 4 nitrogen and oxygen atoms in total. The third kappa shape index (κ3) is 4.38. The van der Waals surface area contributed by atoms with Crippen LogP contribution in [0.2, 0.25) is 0 Å². The lowest BCUT2D eigenvalue weighted by atomic mass is 10.1. The maximum atomic E-state index is 5.34. The molecule has 0 spiro atoms. The summed E-state index contributed by atoms with van der Waals surface area (Å²) in [6.45, 7) is 4.95. The van der Waals surface area contributed by atoms with Crippen LogP contribution in [0.15, 0.2) is 12.1 Å². The van der Waals surface area contributed by atoms with E-state index in [0.717, 1.165) is 17.9 Å². The number of hydrogen-bond acceptors (Lipinski definition) is 4. The summed E-state index contributed by atoms with van der Waals surface area (Å²) in [5.41, 5.74) is 1.05. The Balaban J connectivity index is 0.00000289. The molecule has 0 aliphatic heterocycles. The highest BCUT2D eigenvalue weighted by Crippen LogP contribution is 2.34. The molecule has 5 heteroatoms. The van der Waals surface area contributed by atoms with Gasteiger partial charge in [0.2, 0.25) is 0 Å². The van der Waals surface area contributed by atoms with E-state index in [1.807, 2.05) is 12.1 Å². The summed E-state index contributed by atoms with van der Waals surface area (Å²) in [6.07, 6.45) is 0. The van der Waals surface area contributed by atoms with Gasteiger partial charge in [-0.1, -0.05) is 13.8 Å². The van der Waals surface area contributed by atoms with E-state index in [4.69, 9.17) is 14.2 Å². The number of hydrogen-bond donors (Lipinski definition) is 1. The van der Waals surface area contributed by atoms with Crippen molar-refractivity contribution in [3.8, 4) is 17.2 Å². The number of halogens is 1. The second-order valence-corrected chi connectivity index (χ2v) is 4.05. The first-order valence-corrected chi connectivity index (χ1v) is 5.64. The number of rotatable bonds is 6. The molecule has 0 saturated carbocycles. The Kier molecular flexibility index (Phi) is 7.78. The van der Waals surface area contributed by atoms with Crippen molar-refractivity contribution in [1.29, 1.82) is 0 Å². The smallest absolute Gasteiger partial charge is 0.164 e. The van der Waals surface area contributed by atoms with E-state index in [1.54, 1.807) is 21.3 Å². The van der Waals surface area contributed by atoms with Gasteiger partial charge in [0, 0.05) is 24.2 Å². The van der Waals surface area contributed by atoms with Gasteiger partial charge in [0.15, 0.2) is 11.5 Å². The fourth-order valence-corrected chi connectivity index (χ4v) is 1.54. The molecule has 0 heterocycles. The summed E-state index contributed by atoms with van der Waals surface area (Å²) < 4.78 is 15.9. The zero-order chi connectivity index (χ0) is 12.8. The molecule has 0 fully saturated rings. The van der Waals surface area contributed by atoms with Crippen molar-refractivity contribution in [2.75, 3.05) is 21.3 Å². The highest BCUT2D eigenvalue weighted by Gasteiger charge is 2.11. The maximum Gasteiger partial charge on any atom is 0.164 e. The minimum atomic E-state index is 0. The van der Waals surface area contributed by atoms with Crippen molar-refractivity contribution >= 4 is 17.0 Å². The molecule has 0 radical (unpaired) electrons. The van der Waals surface area contributed by atoms with Crippen molar-refractivity contribution in [2.24, 2.45) is 0 Å². The van der Waals surface area contributed by atoms with Crippen LogP contribution >= 0.6 is 17.0 Å². The van der Waals surface area contributed by atoms with Gasteiger partial charge in [-0.3, -0.25) is 0 Å². The molecule has 1 N–H and O–H groups in total. The lowest BCUT2D eigenvalue weighted by molar-refractivity contribution is 0.347. The van der Waals surface area contributed by atoms with Crippen molar-refractivity contribution in [3.05, 3.63) is 17.7 Å². The van der Waals surface area contributed by atoms with Crippen LogP contribution in [-0.4, -0.2) is 27.4 Å². The van der Waals surface area contributed by atoms with Gasteiger partial charge in [-0.2, -0.15) is 0 Å². The van der Waals surface area contributed by atoms with Gasteiger partial charge in [0.25, 0.3) is 0 Å². The molecule has 0 amide bonds. The van der Waals surface area contributed by atoms with Crippen LogP contribution in [0, 0.1) is 0 Å². The molecule has 1 aromatic rings. The predicted octanol–water partition coefficient (Wildman–Crippen LogP) is 2.79. The number of ether oxygens (including phenoxy) is 3. The van der Waals surface area contributed by atoms with Crippen LogP contribution in [-0.2, 0) is 6.54 Å². The Morgan fingerprint density at radius 2 is 1.44 bits per heavy atom. The summed E-state index contributed by atoms with van der Waals surface area (Å²) in [5, 5.41) is 3.35. The average Bonchev–Trinajstić information content (AvgIpc) is 2.34. The van der Waals surface area contributed by atoms with Crippen molar-refractivity contribution in [2.45, 2.75) is 26.4 Å². The lowest BCUT2D eigenvalue weighted by Crippen LogP contribution is -2.22. The fraction of sp³-hybridized carbons (Fsp3) is 0.538. The van der Waals surface area contributed by atoms with E-state index < -0.39 is 0 Å². The molecule has 0 aliphatic carbocycles. The van der Waals surface area contributed by atoms with Gasteiger partial charge in [-0.25, -0.2) is 0 Å². The standard InChI is InChI=1S/C13H21NO3.BrH/c1-9(2)14-8-10-6-12(16-4)13(17-5)7-11(10)15-3;/h6-7,9,14H,8H2,1-5H3;1H. The number of benzene rings is 1. The zero-order valence-corrected chi connectivity index (χ0v) is 13.3. The van der Waals surface area contributed by atoms with E-state index in [1.165, 1.54) is 0 Å². The molecule has 104 valence electrons. The predicted molar refractivity (Wildman–Crippen MR) is 78.4 cm³/mol. The fourth-order valence-electron chi connectivity index (χ4n) is 1.54. The Morgan fingerprint density at radius 1 is 0.944 bits per heavy atom. The van der Waals surface area contributed by atoms with Gasteiger partial charge in [-0.15, -0.1) is 17.0 Å². The zero-order valence-electron chi connectivity index (χ0n) is 11.6. The maximum absolute atomic E-state index is 5.34. The van der Waals surface area contributed by atoms with Crippen LogP contribution in [0.1, 0.15) is 19.4 Å². The van der Waals surface area contributed by atoms with Crippen LogP contribution < -0.4 is 19.5 Å². The molecule has 0 bridgehead atoms. The van der Waals surface area contributed by atoms with Crippen molar-refractivity contribution < 1.29 is 14.2 Å². The molecule has 0 unspecified atom stereocenters. The quantitative estimate of drug-likeness (QED) is 0.875. The van der Waals surface area contributed by atoms with Crippen LogP contribution in [0.3, 0.4) is 0 Å². The third-order valence-corrected chi connectivity index (χ3v) is 2.49. The van der Waals surface area contributed by atoms with Crippen molar-refractivity contribution in [1.82, 2.24) is 5.32 Å². The van der Waals surface area contributed by atoms with Crippen LogP contribution in [0.5, 0.6) is 17.2 Å². The molecular weight excluding hydrogens is 298 g/mol. The Bertz CT molecular complexity index is 369. The van der Waals surface area contributed by atoms with E-state index in [9.17, 15) is 0 Å². The summed E-state index contributed by atoms with van der Waals surface area (Å²) in [5.74, 6) is 2.20. The van der Waals surface area contributed by atoms with E-state index in [2.05, 4.69) is 19.2 Å². The van der Waals surface area contributed by atoms with Gasteiger partial charge < -0.3 is 19.5 Å². The minimum absolute atomic E-state index is 0. The second kappa shape index (κ2) is 8.21. The SMILES string of the molecule is Br.COc1cc(OC)c(OC)cc1CNC(C)C. The van der Waals surface area contributed by atoms with Crippen LogP contribution in [0.25, 0.3) is 0 Å². The molecule has 1 aromatic carbocycles. The molecule has 0 aliphatic rings. The van der Waals surface area contributed by atoms with Gasteiger partial charge >= 0.3 is 0 Å². The average molecular weight is 320 g/mol. The largest absolute Gasteiger partial charge is 0.496 e. The van der Waals surface area contributed by atoms with Gasteiger partial charge in [-0.05, 0) is 6.07 Å². The molecular formula is C13H22BrNO3. The first-order chi connectivity index (χ1) is 8.12. The molecule has 0 atom stereocenters. The summed E-state index contributed by atoms with van der Waals surface area (Å²) in [6, 6.07) is 4.20. The second-order valence-electron chi connectivity index (χ2n) is 4.05. The normalized spacial score (nSPS) is 9.89. The third-order valence-electron chi connectivity index (χ3n) is 2.49. The van der Waals surface area contributed by atoms with E-state index in [0.29, 0.717) is 17.5 Å². The molecule has 1 rings (SSSR count). The molecule has 0 aromatic heterocycles.